The van der Waals surface area contributed by atoms with Crippen LogP contribution in [0.25, 0.3) is 0 Å². The number of methoxy groups -OCH3 is 2. The highest BCUT2D eigenvalue weighted by molar-refractivity contribution is 14.1. The Morgan fingerprint density at radius 3 is 2.73 bits per heavy atom. The van der Waals surface area contributed by atoms with Gasteiger partial charge in [-0.2, -0.15) is 10.4 Å². The third kappa shape index (κ3) is 6.55. The number of halogens is 2. The van der Waals surface area contributed by atoms with Gasteiger partial charge in [0.1, 0.15) is 18.2 Å². The van der Waals surface area contributed by atoms with Gasteiger partial charge in [-0.15, -0.1) is 0 Å². The van der Waals surface area contributed by atoms with Crippen LogP contribution in [-0.2, 0) is 22.7 Å². The molecule has 1 aromatic carbocycles. The highest BCUT2D eigenvalue weighted by atomic mass is 127. The molecule has 1 heterocycles. The fourth-order valence-electron chi connectivity index (χ4n) is 2.96. The first-order chi connectivity index (χ1) is 15.8. The number of hydrogen-bond acceptors (Lipinski definition) is 7. The normalized spacial score (nSPS) is 10.8. The van der Waals surface area contributed by atoms with E-state index in [1.54, 1.807) is 20.1 Å². The molecule has 0 fully saturated rings. The van der Waals surface area contributed by atoms with Gasteiger partial charge in [-0.25, -0.2) is 5.43 Å². The first kappa shape index (κ1) is 26.8. The summed E-state index contributed by atoms with van der Waals surface area (Å²) in [5, 5.41) is 13.4. The summed E-state index contributed by atoms with van der Waals surface area (Å²) in [4.78, 5) is 25.2. The molecule has 9 nitrogen and oxygen atoms in total. The minimum absolute atomic E-state index is 0.0716. The van der Waals surface area contributed by atoms with Crippen LogP contribution in [0.15, 0.2) is 26.5 Å². The summed E-state index contributed by atoms with van der Waals surface area (Å²) in [6, 6.07) is 5.50. The minimum Gasteiger partial charge on any atom is -0.493 e. The summed E-state index contributed by atoms with van der Waals surface area (Å²) in [7, 11) is 3.03. The van der Waals surface area contributed by atoms with E-state index in [4.69, 9.17) is 14.2 Å². The molecular weight excluding hydrogens is 607 g/mol. The first-order valence-electron chi connectivity index (χ1n) is 9.91. The number of nitrogens with zero attached hydrogens (tertiary/aromatic N) is 3. The van der Waals surface area contributed by atoms with Gasteiger partial charge in [-0.05, 0) is 69.6 Å². The lowest BCUT2D eigenvalue weighted by Gasteiger charge is -2.15. The summed E-state index contributed by atoms with van der Waals surface area (Å²) in [6.07, 6.45) is 2.35. The van der Waals surface area contributed by atoms with E-state index in [2.05, 4.69) is 49.0 Å². The number of rotatable bonds is 10. The van der Waals surface area contributed by atoms with Crippen molar-refractivity contribution in [2.75, 3.05) is 20.8 Å². The van der Waals surface area contributed by atoms with Crippen LogP contribution < -0.4 is 20.5 Å². The van der Waals surface area contributed by atoms with E-state index in [1.165, 1.54) is 17.9 Å². The molecule has 0 saturated heterocycles. The molecule has 0 unspecified atom stereocenters. The number of carbonyl (C=O) groups excluding carboxylic acids is 1. The van der Waals surface area contributed by atoms with Crippen molar-refractivity contribution in [2.24, 2.45) is 5.10 Å². The van der Waals surface area contributed by atoms with Crippen molar-refractivity contribution in [1.82, 2.24) is 9.99 Å². The highest BCUT2D eigenvalue weighted by Gasteiger charge is 2.19. The molecule has 0 atom stereocenters. The standard InChI is InChI=1S/C22H24BrIN4O5/c1-5-6-33-21-17(24)7-14(8-18(21)32-4)10-26-27-19(29)11-28-13(2)20(23)16(12-31-3)15(9-25)22(28)30/h7-8,10H,5-6,11-12H2,1-4H3,(H,27,29)/b26-10-. The van der Waals surface area contributed by atoms with Gasteiger partial charge in [0.15, 0.2) is 11.5 Å². The molecule has 2 aromatic rings. The lowest BCUT2D eigenvalue weighted by molar-refractivity contribution is -0.121. The Hall–Kier alpha value is -2.43. The molecule has 0 aliphatic carbocycles. The molecule has 11 heteroatoms. The van der Waals surface area contributed by atoms with E-state index in [9.17, 15) is 14.9 Å². The fraction of sp³-hybridized carbons (Fsp3) is 0.364. The highest BCUT2D eigenvalue weighted by Crippen LogP contribution is 2.33. The number of hydrazone groups is 1. The largest absolute Gasteiger partial charge is 0.493 e. The van der Waals surface area contributed by atoms with E-state index < -0.39 is 11.5 Å². The van der Waals surface area contributed by atoms with Crippen LogP contribution in [-0.4, -0.2) is 37.5 Å². The molecule has 0 spiro atoms. The average molecular weight is 631 g/mol. The molecule has 1 N–H and O–H groups in total. The Bertz CT molecular complexity index is 1160. The van der Waals surface area contributed by atoms with Crippen LogP contribution >= 0.6 is 38.5 Å². The van der Waals surface area contributed by atoms with Crippen molar-refractivity contribution in [3.05, 3.63) is 52.9 Å². The number of carbonyl (C=O) groups is 1. The van der Waals surface area contributed by atoms with E-state index in [-0.39, 0.29) is 18.7 Å². The van der Waals surface area contributed by atoms with Crippen LogP contribution in [0.1, 0.15) is 35.7 Å². The molecule has 0 bridgehead atoms. The lowest BCUT2D eigenvalue weighted by Crippen LogP contribution is -2.33. The monoisotopic (exact) mass is 630 g/mol. The molecule has 0 radical (unpaired) electrons. The van der Waals surface area contributed by atoms with Gasteiger partial charge in [0.05, 0.1) is 30.1 Å². The summed E-state index contributed by atoms with van der Waals surface area (Å²) in [5.74, 6) is 0.707. The summed E-state index contributed by atoms with van der Waals surface area (Å²) in [5.41, 5.74) is 3.43. The predicted octanol–water partition coefficient (Wildman–Crippen LogP) is 3.49. The van der Waals surface area contributed by atoms with Gasteiger partial charge in [-0.3, -0.25) is 9.59 Å². The second-order valence-electron chi connectivity index (χ2n) is 6.86. The van der Waals surface area contributed by atoms with Gasteiger partial charge in [-0.1, -0.05) is 6.92 Å². The maximum Gasteiger partial charge on any atom is 0.269 e. The zero-order valence-electron chi connectivity index (χ0n) is 18.7. The first-order valence-corrected chi connectivity index (χ1v) is 11.8. The lowest BCUT2D eigenvalue weighted by atomic mass is 10.1. The van der Waals surface area contributed by atoms with Crippen molar-refractivity contribution < 1.29 is 19.0 Å². The maximum atomic E-state index is 12.7. The van der Waals surface area contributed by atoms with Gasteiger partial charge in [0, 0.05) is 22.8 Å². The number of pyridine rings is 1. The van der Waals surface area contributed by atoms with Gasteiger partial charge in [0.25, 0.3) is 11.5 Å². The third-order valence-corrected chi connectivity index (χ3v) is 6.41. The van der Waals surface area contributed by atoms with Crippen LogP contribution in [0.5, 0.6) is 11.5 Å². The van der Waals surface area contributed by atoms with Crippen LogP contribution in [0.4, 0.5) is 0 Å². The van der Waals surface area contributed by atoms with E-state index in [1.807, 2.05) is 19.1 Å². The topological polar surface area (TPSA) is 115 Å². The zero-order valence-corrected chi connectivity index (χ0v) is 22.4. The van der Waals surface area contributed by atoms with E-state index in [0.29, 0.717) is 39.4 Å². The van der Waals surface area contributed by atoms with Gasteiger partial charge >= 0.3 is 0 Å². The zero-order chi connectivity index (χ0) is 24.5. The molecule has 176 valence electrons. The quantitative estimate of drug-likeness (QED) is 0.244. The Morgan fingerprint density at radius 2 is 2.12 bits per heavy atom. The van der Waals surface area contributed by atoms with Gasteiger partial charge < -0.3 is 18.8 Å². The number of aromatic nitrogens is 1. The smallest absolute Gasteiger partial charge is 0.269 e. The molecule has 0 aliphatic rings. The van der Waals surface area contributed by atoms with Crippen molar-refractivity contribution >= 4 is 50.6 Å². The SMILES string of the molecule is CCCOc1c(I)cc(/C=N\NC(=O)Cn2c(C)c(Br)c(COC)c(C#N)c2=O)cc1OC. The average Bonchev–Trinajstić information content (AvgIpc) is 2.79. The second-order valence-corrected chi connectivity index (χ2v) is 8.82. The maximum absolute atomic E-state index is 12.7. The fourth-order valence-corrected chi connectivity index (χ4v) is 4.27. The summed E-state index contributed by atoms with van der Waals surface area (Å²) >= 11 is 5.55. The number of nitrogens with one attached hydrogen (secondary N) is 1. The number of benzene rings is 1. The van der Waals surface area contributed by atoms with Crippen LogP contribution in [0, 0.1) is 21.8 Å². The summed E-state index contributed by atoms with van der Waals surface area (Å²) in [6.45, 7) is 4.07. The Labute approximate surface area is 214 Å². The van der Waals surface area contributed by atoms with Gasteiger partial charge in [0.2, 0.25) is 0 Å². The van der Waals surface area contributed by atoms with E-state index in [0.717, 1.165) is 9.99 Å². The van der Waals surface area contributed by atoms with Crippen LogP contribution in [0.3, 0.4) is 0 Å². The predicted molar refractivity (Wildman–Crippen MR) is 136 cm³/mol. The van der Waals surface area contributed by atoms with Crippen molar-refractivity contribution in [3.8, 4) is 17.6 Å². The Morgan fingerprint density at radius 1 is 1.39 bits per heavy atom. The summed E-state index contributed by atoms with van der Waals surface area (Å²) < 4.78 is 18.8. The number of ether oxygens (including phenoxy) is 3. The molecule has 0 aliphatic heterocycles. The number of nitriles is 1. The number of amides is 1. The molecule has 0 saturated carbocycles. The Balaban J connectivity index is 2.20. The molecular formula is C22H24BrIN4O5. The second kappa shape index (κ2) is 12.7. The molecule has 1 amide bonds. The Kier molecular flexibility index (Phi) is 10.3. The van der Waals surface area contributed by atoms with E-state index >= 15 is 0 Å². The molecule has 1 aromatic heterocycles. The van der Waals surface area contributed by atoms with Crippen molar-refractivity contribution in [2.45, 2.75) is 33.4 Å². The minimum atomic E-state index is -0.564. The van der Waals surface area contributed by atoms with Crippen LogP contribution in [0.2, 0.25) is 0 Å². The number of hydrogen-bond donors (Lipinski definition) is 1. The third-order valence-electron chi connectivity index (χ3n) is 4.56. The molecule has 33 heavy (non-hydrogen) atoms. The van der Waals surface area contributed by atoms with Crippen molar-refractivity contribution in [3.63, 3.8) is 0 Å². The molecule has 2 rings (SSSR count). The van der Waals surface area contributed by atoms with Crippen molar-refractivity contribution in [1.29, 1.82) is 5.26 Å².